The molecule has 4 rings (SSSR count). The Balaban J connectivity index is 1.73. The molecule has 0 saturated carbocycles. The maximum atomic E-state index is 12.7. The molecule has 0 amide bonds. The zero-order chi connectivity index (χ0) is 19.8. The van der Waals surface area contributed by atoms with Gasteiger partial charge in [-0.2, -0.15) is 0 Å². The molecule has 0 fully saturated rings. The summed E-state index contributed by atoms with van der Waals surface area (Å²) in [5.74, 6) is -1.47. The standard InChI is InChI=1S/C22H18O6/c23-15-8-4-7-13(21(15)26)9-14-16(24)10-19-20(22(14)27)17(25)11-18(28-19)12-5-2-1-3-6-12/h1-8,10,18,23-24,26-27H,9,11H2/t18-/m0/s1. The van der Waals surface area contributed by atoms with Crippen molar-refractivity contribution in [1.29, 1.82) is 0 Å². The van der Waals surface area contributed by atoms with Gasteiger partial charge in [-0.15, -0.1) is 0 Å². The lowest BCUT2D eigenvalue weighted by Gasteiger charge is -2.27. The highest BCUT2D eigenvalue weighted by molar-refractivity contribution is 6.03. The van der Waals surface area contributed by atoms with Crippen LogP contribution in [0.5, 0.6) is 28.7 Å². The lowest BCUT2D eigenvalue weighted by Crippen LogP contribution is -2.21. The topological polar surface area (TPSA) is 107 Å². The molecule has 0 radical (unpaired) electrons. The van der Waals surface area contributed by atoms with Crippen molar-refractivity contribution in [3.05, 3.63) is 76.9 Å². The van der Waals surface area contributed by atoms with Gasteiger partial charge in [0.2, 0.25) is 0 Å². The number of ketones is 1. The van der Waals surface area contributed by atoms with Crippen LogP contribution in [0.3, 0.4) is 0 Å². The molecule has 3 aromatic carbocycles. The van der Waals surface area contributed by atoms with Crippen molar-refractivity contribution in [2.24, 2.45) is 0 Å². The van der Waals surface area contributed by atoms with Crippen LogP contribution in [0.15, 0.2) is 54.6 Å². The number of hydrogen-bond acceptors (Lipinski definition) is 6. The van der Waals surface area contributed by atoms with E-state index >= 15 is 0 Å². The molecule has 6 heteroatoms. The number of phenols is 4. The molecule has 4 N–H and O–H groups in total. The highest BCUT2D eigenvalue weighted by atomic mass is 16.5. The van der Waals surface area contributed by atoms with Crippen molar-refractivity contribution in [2.45, 2.75) is 18.9 Å². The van der Waals surface area contributed by atoms with E-state index in [-0.39, 0.29) is 58.5 Å². The first-order valence-electron chi connectivity index (χ1n) is 8.78. The quantitative estimate of drug-likeness (QED) is 0.517. The molecule has 0 saturated heterocycles. The van der Waals surface area contributed by atoms with Crippen molar-refractivity contribution < 1.29 is 30.0 Å². The highest BCUT2D eigenvalue weighted by Crippen LogP contribution is 2.45. The minimum absolute atomic E-state index is 0.0135. The van der Waals surface area contributed by atoms with E-state index in [1.54, 1.807) is 6.07 Å². The Hall–Kier alpha value is -3.67. The lowest BCUT2D eigenvalue weighted by atomic mass is 9.92. The second-order valence-electron chi connectivity index (χ2n) is 6.70. The molecule has 3 aromatic rings. The molecule has 1 aliphatic rings. The molecule has 1 heterocycles. The molecular formula is C22H18O6. The molecule has 6 nitrogen and oxygen atoms in total. The van der Waals surface area contributed by atoms with Crippen LogP contribution in [-0.2, 0) is 6.42 Å². The third-order valence-corrected chi connectivity index (χ3v) is 4.90. The van der Waals surface area contributed by atoms with Gasteiger partial charge >= 0.3 is 0 Å². The van der Waals surface area contributed by atoms with Crippen LogP contribution in [0.1, 0.15) is 39.6 Å². The molecule has 0 unspecified atom stereocenters. The minimum Gasteiger partial charge on any atom is -0.507 e. The van der Waals surface area contributed by atoms with Gasteiger partial charge in [0.1, 0.15) is 28.9 Å². The predicted molar refractivity (Wildman–Crippen MR) is 101 cm³/mol. The van der Waals surface area contributed by atoms with Gasteiger partial charge in [0.05, 0.1) is 6.42 Å². The van der Waals surface area contributed by atoms with Crippen LogP contribution in [0.2, 0.25) is 0 Å². The van der Waals surface area contributed by atoms with Crippen molar-refractivity contribution in [3.63, 3.8) is 0 Å². The molecule has 142 valence electrons. The zero-order valence-electron chi connectivity index (χ0n) is 14.8. The number of hydrogen-bond donors (Lipinski definition) is 4. The van der Waals surface area contributed by atoms with Crippen LogP contribution in [-0.4, -0.2) is 26.2 Å². The van der Waals surface area contributed by atoms with Crippen LogP contribution in [0, 0.1) is 0 Å². The average Bonchev–Trinajstić information content (AvgIpc) is 2.68. The lowest BCUT2D eigenvalue weighted by molar-refractivity contribution is 0.0844. The Kier molecular flexibility index (Phi) is 4.31. The average molecular weight is 378 g/mol. The number of Topliss-reactive ketones (excluding diaryl/α,β-unsaturated/α-hetero) is 1. The van der Waals surface area contributed by atoms with E-state index in [2.05, 4.69) is 0 Å². The summed E-state index contributed by atoms with van der Waals surface area (Å²) in [5, 5.41) is 40.7. The van der Waals surface area contributed by atoms with E-state index in [4.69, 9.17) is 4.74 Å². The van der Waals surface area contributed by atoms with Crippen LogP contribution >= 0.6 is 0 Å². The summed E-state index contributed by atoms with van der Waals surface area (Å²) >= 11 is 0. The van der Waals surface area contributed by atoms with E-state index < -0.39 is 6.10 Å². The summed E-state index contributed by atoms with van der Waals surface area (Å²) in [6, 6.07) is 15.0. The number of rotatable bonds is 3. The van der Waals surface area contributed by atoms with Crippen molar-refractivity contribution in [2.75, 3.05) is 0 Å². The number of ether oxygens (including phenoxy) is 1. The molecule has 1 atom stereocenters. The van der Waals surface area contributed by atoms with Gasteiger partial charge in [-0.25, -0.2) is 0 Å². The fourth-order valence-electron chi connectivity index (χ4n) is 3.44. The zero-order valence-corrected chi connectivity index (χ0v) is 14.8. The minimum atomic E-state index is -0.499. The Bertz CT molecular complexity index is 1060. The summed E-state index contributed by atoms with van der Waals surface area (Å²) in [6.45, 7) is 0. The van der Waals surface area contributed by atoms with E-state index in [9.17, 15) is 25.2 Å². The maximum absolute atomic E-state index is 12.7. The fourth-order valence-corrected chi connectivity index (χ4v) is 3.44. The summed E-state index contributed by atoms with van der Waals surface area (Å²) in [7, 11) is 0. The number of carbonyl (C=O) groups excluding carboxylic acids is 1. The van der Waals surface area contributed by atoms with E-state index in [1.807, 2.05) is 30.3 Å². The molecule has 0 bridgehead atoms. The number of phenolic OH excluding ortho intramolecular Hbond substituents is 4. The van der Waals surface area contributed by atoms with Crippen molar-refractivity contribution in [1.82, 2.24) is 0 Å². The number of aromatic hydroxyl groups is 4. The van der Waals surface area contributed by atoms with Gasteiger partial charge in [-0.3, -0.25) is 4.79 Å². The Morgan fingerprint density at radius 3 is 2.39 bits per heavy atom. The van der Waals surface area contributed by atoms with Crippen LogP contribution in [0.4, 0.5) is 0 Å². The first-order chi connectivity index (χ1) is 13.5. The third kappa shape index (κ3) is 2.99. The van der Waals surface area contributed by atoms with E-state index in [1.165, 1.54) is 18.2 Å². The Morgan fingerprint density at radius 2 is 1.64 bits per heavy atom. The fraction of sp³-hybridized carbons (Fsp3) is 0.136. The second kappa shape index (κ2) is 6.81. The largest absolute Gasteiger partial charge is 0.507 e. The summed E-state index contributed by atoms with van der Waals surface area (Å²) in [4.78, 5) is 12.7. The number of benzene rings is 3. The monoisotopic (exact) mass is 378 g/mol. The van der Waals surface area contributed by atoms with E-state index in [0.717, 1.165) is 5.56 Å². The first-order valence-corrected chi connectivity index (χ1v) is 8.78. The van der Waals surface area contributed by atoms with Gasteiger partial charge in [0.25, 0.3) is 0 Å². The molecule has 28 heavy (non-hydrogen) atoms. The molecule has 0 aliphatic carbocycles. The third-order valence-electron chi connectivity index (χ3n) is 4.90. The van der Waals surface area contributed by atoms with Gasteiger partial charge in [-0.05, 0) is 11.6 Å². The van der Waals surface area contributed by atoms with Crippen molar-refractivity contribution in [3.8, 4) is 28.7 Å². The number of carbonyl (C=O) groups is 1. The SMILES string of the molecule is O=C1C[C@@H](c2ccccc2)Oc2cc(O)c(Cc3cccc(O)c3O)c(O)c21. The molecule has 0 spiro atoms. The second-order valence-corrected chi connectivity index (χ2v) is 6.70. The van der Waals surface area contributed by atoms with E-state index in [0.29, 0.717) is 5.56 Å². The van der Waals surface area contributed by atoms with Gasteiger partial charge in [0.15, 0.2) is 17.3 Å². The normalized spacial score (nSPS) is 15.7. The smallest absolute Gasteiger partial charge is 0.174 e. The van der Waals surface area contributed by atoms with Crippen LogP contribution < -0.4 is 4.74 Å². The molecule has 0 aromatic heterocycles. The number of fused-ring (bicyclic) bond motifs is 1. The maximum Gasteiger partial charge on any atom is 0.174 e. The molecule has 1 aliphatic heterocycles. The first kappa shape index (κ1) is 17.7. The number of para-hydroxylation sites is 1. The van der Waals surface area contributed by atoms with Gasteiger partial charge in [-0.1, -0.05) is 42.5 Å². The highest BCUT2D eigenvalue weighted by Gasteiger charge is 2.32. The van der Waals surface area contributed by atoms with Gasteiger partial charge < -0.3 is 25.2 Å². The summed E-state index contributed by atoms with van der Waals surface area (Å²) in [6.07, 6.45) is -0.506. The predicted octanol–water partition coefficient (Wildman–Crippen LogP) is 3.81. The molecular weight excluding hydrogens is 360 g/mol. The summed E-state index contributed by atoms with van der Waals surface area (Å²) in [5.41, 5.74) is 1.22. The summed E-state index contributed by atoms with van der Waals surface area (Å²) < 4.78 is 5.87. The Morgan fingerprint density at radius 1 is 0.893 bits per heavy atom. The van der Waals surface area contributed by atoms with Gasteiger partial charge in [0, 0.05) is 23.6 Å². The van der Waals surface area contributed by atoms with Crippen LogP contribution in [0.25, 0.3) is 0 Å². The van der Waals surface area contributed by atoms with Crippen molar-refractivity contribution >= 4 is 5.78 Å². The Labute approximate surface area is 160 Å².